The fourth-order valence-corrected chi connectivity index (χ4v) is 6.64. The maximum Gasteiger partial charge on any atom is 0.132 e. The number of phenolic OH excluding ortho intramolecular Hbond substituents is 2. The summed E-state index contributed by atoms with van der Waals surface area (Å²) in [7, 11) is 0. The van der Waals surface area contributed by atoms with Crippen LogP contribution in [0.2, 0.25) is 0 Å². The number of unbranched alkanes of at least 4 members (excludes halogenated alkanes) is 24. The van der Waals surface area contributed by atoms with Crippen LogP contribution in [0.25, 0.3) is 0 Å². The van der Waals surface area contributed by atoms with Crippen LogP contribution < -0.4 is 0 Å². The Balaban J connectivity index is 1.19. The molecule has 0 bridgehead atoms. The summed E-state index contributed by atoms with van der Waals surface area (Å²) in [6.45, 7) is 0. The number of carbonyl (C=O) groups excluding carboxylic acids is 1. The summed E-state index contributed by atoms with van der Waals surface area (Å²) in [6.07, 6.45) is 38.2. The van der Waals surface area contributed by atoms with E-state index in [4.69, 9.17) is 0 Å². The van der Waals surface area contributed by atoms with Gasteiger partial charge in [0.2, 0.25) is 0 Å². The van der Waals surface area contributed by atoms with Gasteiger partial charge in [-0.05, 0) is 73.9 Å². The van der Waals surface area contributed by atoms with Crippen LogP contribution in [0.4, 0.5) is 0 Å². The second kappa shape index (κ2) is 28.9. The van der Waals surface area contributed by atoms with E-state index in [1.165, 1.54) is 165 Å². The number of hydrogen-bond acceptors (Lipinski definition) is 3. The highest BCUT2D eigenvalue weighted by Crippen LogP contribution is 2.18. The number of hydrogen-bond donors (Lipinski definition) is 2. The largest absolute Gasteiger partial charge is 0.508 e. The molecule has 260 valence electrons. The summed E-state index contributed by atoms with van der Waals surface area (Å²) in [5, 5.41) is 18.7. The number of phenols is 2. The average Bonchev–Trinajstić information content (AvgIpc) is 3.06. The van der Waals surface area contributed by atoms with Gasteiger partial charge in [0, 0.05) is 12.8 Å². The Bertz CT molecular complexity index is 872. The van der Waals surface area contributed by atoms with Crippen molar-refractivity contribution in [2.24, 2.45) is 0 Å². The van der Waals surface area contributed by atoms with Gasteiger partial charge in [-0.2, -0.15) is 0 Å². The second-order valence-corrected chi connectivity index (χ2v) is 14.1. The Hall–Kier alpha value is -2.29. The van der Waals surface area contributed by atoms with Crippen molar-refractivity contribution >= 4 is 5.78 Å². The molecule has 0 unspecified atom stereocenters. The van der Waals surface area contributed by atoms with Crippen molar-refractivity contribution < 1.29 is 15.0 Å². The van der Waals surface area contributed by atoms with Crippen LogP contribution in [0, 0.1) is 0 Å². The minimum absolute atomic E-state index is 0.359. The van der Waals surface area contributed by atoms with Crippen molar-refractivity contribution in [3.8, 4) is 11.5 Å². The number of benzene rings is 2. The number of aryl methyl sites for hydroxylation is 2. The first-order valence-corrected chi connectivity index (χ1v) is 19.7. The molecule has 46 heavy (non-hydrogen) atoms. The van der Waals surface area contributed by atoms with E-state index in [2.05, 4.69) is 0 Å². The zero-order chi connectivity index (χ0) is 32.8. The first kappa shape index (κ1) is 39.9. The summed E-state index contributed by atoms with van der Waals surface area (Å²) in [4.78, 5) is 12.2. The third-order valence-electron chi connectivity index (χ3n) is 9.71. The zero-order valence-electron chi connectivity index (χ0n) is 29.6. The van der Waals surface area contributed by atoms with E-state index in [1.807, 2.05) is 24.3 Å². The predicted octanol–water partition coefficient (Wildman–Crippen LogP) is 13.4. The zero-order valence-corrected chi connectivity index (χ0v) is 29.6. The third kappa shape index (κ3) is 24.0. The van der Waals surface area contributed by atoms with Gasteiger partial charge in [-0.3, -0.25) is 4.79 Å². The number of Topliss-reactive ketones (excluding diaryl/α,β-unsaturated/α-hetero) is 1. The molecule has 0 heterocycles. The standard InChI is InChI=1S/C43H70O3/c44-41(29-25-21-17-13-9-5-1-3-7-11-15-19-23-27-39-31-35-42(45)36-32-39)30-26-22-18-14-10-6-2-4-8-12-16-20-24-28-40-33-37-43(46)38-34-40/h31-38,45-46H,1-30H2. The van der Waals surface area contributed by atoms with Gasteiger partial charge in [0.05, 0.1) is 0 Å². The van der Waals surface area contributed by atoms with Crippen LogP contribution in [-0.4, -0.2) is 16.0 Å². The maximum absolute atomic E-state index is 12.2. The molecular weight excluding hydrogens is 564 g/mol. The Kier molecular flexibility index (Phi) is 25.1. The lowest BCUT2D eigenvalue weighted by molar-refractivity contribution is -0.119. The molecule has 0 aliphatic heterocycles. The SMILES string of the molecule is O=C(CCCCCCCCCCCCCCCc1ccc(O)cc1)CCCCCCCCCCCCCCCc1ccc(O)cc1. The first-order valence-electron chi connectivity index (χ1n) is 19.7. The van der Waals surface area contributed by atoms with Crippen molar-refractivity contribution in [3.63, 3.8) is 0 Å². The highest BCUT2D eigenvalue weighted by Gasteiger charge is 2.03. The van der Waals surface area contributed by atoms with Gasteiger partial charge in [0.15, 0.2) is 0 Å². The molecule has 2 N–H and O–H groups in total. The molecule has 0 aliphatic carbocycles. The lowest BCUT2D eigenvalue weighted by Gasteiger charge is -2.05. The summed E-state index contributed by atoms with van der Waals surface area (Å²) in [5.41, 5.74) is 2.67. The molecule has 0 spiro atoms. The first-order chi connectivity index (χ1) is 22.6. The molecule has 0 saturated heterocycles. The second-order valence-electron chi connectivity index (χ2n) is 14.1. The van der Waals surface area contributed by atoms with Gasteiger partial charge < -0.3 is 10.2 Å². The number of rotatable bonds is 32. The molecule has 2 aromatic carbocycles. The molecule has 0 radical (unpaired) electrons. The molecule has 0 aromatic heterocycles. The molecular formula is C43H70O3. The molecule has 3 heteroatoms. The highest BCUT2D eigenvalue weighted by atomic mass is 16.3. The lowest BCUT2D eigenvalue weighted by Crippen LogP contribution is -1.97. The molecule has 3 nitrogen and oxygen atoms in total. The molecule has 0 atom stereocenters. The molecule has 2 rings (SSSR count). The Labute approximate surface area is 284 Å². The van der Waals surface area contributed by atoms with E-state index in [-0.39, 0.29) is 0 Å². The van der Waals surface area contributed by atoms with Gasteiger partial charge in [-0.1, -0.05) is 166 Å². The minimum atomic E-state index is 0.359. The summed E-state index contributed by atoms with van der Waals surface area (Å²) in [6, 6.07) is 15.3. The van der Waals surface area contributed by atoms with E-state index in [9.17, 15) is 15.0 Å². The third-order valence-corrected chi connectivity index (χ3v) is 9.71. The van der Waals surface area contributed by atoms with Gasteiger partial charge in [0.1, 0.15) is 17.3 Å². The predicted molar refractivity (Wildman–Crippen MR) is 198 cm³/mol. The van der Waals surface area contributed by atoms with Crippen molar-refractivity contribution in [2.45, 2.75) is 193 Å². The smallest absolute Gasteiger partial charge is 0.132 e. The van der Waals surface area contributed by atoms with E-state index >= 15 is 0 Å². The number of carbonyl (C=O) groups is 1. The van der Waals surface area contributed by atoms with Gasteiger partial charge in [0.25, 0.3) is 0 Å². The van der Waals surface area contributed by atoms with Crippen LogP contribution >= 0.6 is 0 Å². The number of aromatic hydroxyl groups is 2. The van der Waals surface area contributed by atoms with Gasteiger partial charge in [-0.15, -0.1) is 0 Å². The quantitative estimate of drug-likeness (QED) is 0.0787. The van der Waals surface area contributed by atoms with Crippen LogP contribution in [-0.2, 0) is 17.6 Å². The topological polar surface area (TPSA) is 57.5 Å². The van der Waals surface area contributed by atoms with E-state index in [0.29, 0.717) is 17.3 Å². The van der Waals surface area contributed by atoms with Crippen LogP contribution in [0.5, 0.6) is 11.5 Å². The fourth-order valence-electron chi connectivity index (χ4n) is 6.64. The lowest BCUT2D eigenvalue weighted by atomic mass is 10.0. The van der Waals surface area contributed by atoms with E-state index in [0.717, 1.165) is 38.5 Å². The Morgan fingerprint density at radius 3 is 0.804 bits per heavy atom. The van der Waals surface area contributed by atoms with Gasteiger partial charge >= 0.3 is 0 Å². The molecule has 0 aliphatic rings. The molecule has 0 fully saturated rings. The van der Waals surface area contributed by atoms with Gasteiger partial charge in [-0.25, -0.2) is 0 Å². The highest BCUT2D eigenvalue weighted by molar-refractivity contribution is 5.78. The minimum Gasteiger partial charge on any atom is -0.508 e. The van der Waals surface area contributed by atoms with E-state index < -0.39 is 0 Å². The Morgan fingerprint density at radius 1 is 0.326 bits per heavy atom. The maximum atomic E-state index is 12.2. The fraction of sp³-hybridized carbons (Fsp3) is 0.698. The monoisotopic (exact) mass is 635 g/mol. The normalized spacial score (nSPS) is 11.3. The van der Waals surface area contributed by atoms with Crippen LogP contribution in [0.3, 0.4) is 0 Å². The molecule has 2 aromatic rings. The van der Waals surface area contributed by atoms with Crippen molar-refractivity contribution in [1.29, 1.82) is 0 Å². The summed E-state index contributed by atoms with van der Waals surface area (Å²) < 4.78 is 0. The van der Waals surface area contributed by atoms with Crippen LogP contribution in [0.15, 0.2) is 48.5 Å². The summed E-state index contributed by atoms with van der Waals surface area (Å²) >= 11 is 0. The molecule has 0 saturated carbocycles. The van der Waals surface area contributed by atoms with Crippen molar-refractivity contribution in [1.82, 2.24) is 0 Å². The molecule has 0 amide bonds. The average molecular weight is 635 g/mol. The van der Waals surface area contributed by atoms with Crippen LogP contribution in [0.1, 0.15) is 191 Å². The van der Waals surface area contributed by atoms with Crippen molar-refractivity contribution in [3.05, 3.63) is 59.7 Å². The summed E-state index contributed by atoms with van der Waals surface area (Å²) in [5.74, 6) is 1.22. The Morgan fingerprint density at radius 2 is 0.543 bits per heavy atom. The van der Waals surface area contributed by atoms with Crippen molar-refractivity contribution in [2.75, 3.05) is 0 Å². The van der Waals surface area contributed by atoms with E-state index in [1.54, 1.807) is 24.3 Å². The number of ketones is 1.